The van der Waals surface area contributed by atoms with Crippen LogP contribution in [0.3, 0.4) is 0 Å². The summed E-state index contributed by atoms with van der Waals surface area (Å²) in [5, 5.41) is 0. The molecular formula is C27H30O2. The van der Waals surface area contributed by atoms with Crippen molar-refractivity contribution in [3.8, 4) is 5.75 Å². The maximum absolute atomic E-state index is 13.6. The SMILES string of the molecule is COc1ccc2c(c1)CC[C@@H]1[C@@H]2CC[C@]2(C)C(=O)/C(=C/c3ccccc3)CC[C@H]12. The highest BCUT2D eigenvalue weighted by atomic mass is 16.5. The van der Waals surface area contributed by atoms with E-state index in [1.54, 1.807) is 7.11 Å². The second kappa shape index (κ2) is 7.16. The topological polar surface area (TPSA) is 26.3 Å². The molecule has 5 rings (SSSR count). The second-order valence-electron chi connectivity index (χ2n) is 9.38. The zero-order chi connectivity index (χ0) is 20.0. The summed E-state index contributed by atoms with van der Waals surface area (Å²) in [7, 11) is 1.74. The van der Waals surface area contributed by atoms with Crippen LogP contribution in [-0.2, 0) is 11.2 Å². The molecule has 2 heteroatoms. The van der Waals surface area contributed by atoms with Gasteiger partial charge in [-0.05, 0) is 96.8 Å². The fourth-order valence-electron chi connectivity index (χ4n) is 6.50. The zero-order valence-corrected chi connectivity index (χ0v) is 17.5. The van der Waals surface area contributed by atoms with Crippen LogP contribution in [-0.4, -0.2) is 12.9 Å². The van der Waals surface area contributed by atoms with E-state index in [1.807, 2.05) is 18.2 Å². The van der Waals surface area contributed by atoms with E-state index in [4.69, 9.17) is 4.74 Å². The molecule has 3 aliphatic carbocycles. The summed E-state index contributed by atoms with van der Waals surface area (Å²) in [6.07, 6.45) is 8.66. The van der Waals surface area contributed by atoms with Crippen LogP contribution in [0, 0.1) is 17.3 Å². The predicted octanol–water partition coefficient (Wildman–Crippen LogP) is 6.20. The zero-order valence-electron chi connectivity index (χ0n) is 17.5. The molecule has 0 radical (unpaired) electrons. The summed E-state index contributed by atoms with van der Waals surface area (Å²) in [5.41, 5.74) is 4.97. The Bertz CT molecular complexity index is 958. The molecule has 0 N–H and O–H groups in total. The number of aryl methyl sites for hydroxylation is 1. The van der Waals surface area contributed by atoms with Crippen molar-refractivity contribution >= 4 is 11.9 Å². The van der Waals surface area contributed by atoms with Crippen LogP contribution in [0.4, 0.5) is 0 Å². The number of benzene rings is 2. The summed E-state index contributed by atoms with van der Waals surface area (Å²) in [5.74, 6) is 3.13. The summed E-state index contributed by atoms with van der Waals surface area (Å²) in [6.45, 7) is 2.26. The van der Waals surface area contributed by atoms with E-state index in [0.717, 1.165) is 49.0 Å². The van der Waals surface area contributed by atoms with Crippen LogP contribution in [0.1, 0.15) is 61.6 Å². The molecule has 0 aromatic heterocycles. The van der Waals surface area contributed by atoms with Gasteiger partial charge in [-0.25, -0.2) is 0 Å². The number of Topliss-reactive ketones (excluding diaryl/α,β-unsaturated/α-hetero) is 1. The Labute approximate surface area is 174 Å². The number of rotatable bonds is 2. The van der Waals surface area contributed by atoms with Gasteiger partial charge in [-0.1, -0.05) is 43.3 Å². The van der Waals surface area contributed by atoms with Crippen molar-refractivity contribution in [2.45, 2.75) is 51.4 Å². The molecule has 0 spiro atoms. The summed E-state index contributed by atoms with van der Waals surface area (Å²) >= 11 is 0. The number of hydrogen-bond donors (Lipinski definition) is 0. The lowest BCUT2D eigenvalue weighted by Crippen LogP contribution is -2.49. The largest absolute Gasteiger partial charge is 0.497 e. The molecule has 0 aliphatic heterocycles. The maximum atomic E-state index is 13.6. The molecule has 2 aromatic carbocycles. The summed E-state index contributed by atoms with van der Waals surface area (Å²) in [6, 6.07) is 16.9. The van der Waals surface area contributed by atoms with Crippen LogP contribution in [0.15, 0.2) is 54.1 Å². The van der Waals surface area contributed by atoms with Gasteiger partial charge < -0.3 is 4.74 Å². The van der Waals surface area contributed by atoms with E-state index < -0.39 is 0 Å². The highest BCUT2D eigenvalue weighted by Gasteiger charge is 2.53. The minimum atomic E-state index is -0.190. The van der Waals surface area contributed by atoms with E-state index in [9.17, 15) is 4.79 Å². The Balaban J connectivity index is 1.44. The first-order valence-corrected chi connectivity index (χ1v) is 11.1. The van der Waals surface area contributed by atoms with Gasteiger partial charge in [0.2, 0.25) is 0 Å². The Morgan fingerprint density at radius 3 is 2.66 bits per heavy atom. The summed E-state index contributed by atoms with van der Waals surface area (Å²) < 4.78 is 5.44. The fourth-order valence-corrected chi connectivity index (χ4v) is 6.50. The third-order valence-corrected chi connectivity index (χ3v) is 8.00. The lowest BCUT2D eigenvalue weighted by Gasteiger charge is -2.53. The van der Waals surface area contributed by atoms with Gasteiger partial charge in [0.1, 0.15) is 5.75 Å². The van der Waals surface area contributed by atoms with Gasteiger partial charge in [0.05, 0.1) is 7.11 Å². The van der Waals surface area contributed by atoms with Crippen molar-refractivity contribution in [1.82, 2.24) is 0 Å². The van der Waals surface area contributed by atoms with E-state index in [-0.39, 0.29) is 5.41 Å². The number of hydrogen-bond acceptors (Lipinski definition) is 2. The van der Waals surface area contributed by atoms with Crippen molar-refractivity contribution in [3.05, 3.63) is 70.8 Å². The average molecular weight is 387 g/mol. The van der Waals surface area contributed by atoms with Gasteiger partial charge >= 0.3 is 0 Å². The van der Waals surface area contributed by atoms with E-state index >= 15 is 0 Å². The standard InChI is InChI=1S/C27H30O2/c1-27-15-14-23-22-12-10-21(29-2)17-19(22)8-11-24(23)25(27)13-9-20(26(27)28)16-18-6-4-3-5-7-18/h3-7,10,12,16-17,23-25H,8-9,11,13-15H2,1-2H3/b20-16+/t23-,24-,25-,27+/m1/s1. The molecule has 2 fully saturated rings. The minimum Gasteiger partial charge on any atom is -0.497 e. The lowest BCUT2D eigenvalue weighted by molar-refractivity contribution is -0.134. The van der Waals surface area contributed by atoms with Crippen molar-refractivity contribution in [2.24, 2.45) is 17.3 Å². The van der Waals surface area contributed by atoms with Gasteiger partial charge in [-0.15, -0.1) is 0 Å². The molecule has 0 heterocycles. The maximum Gasteiger partial charge on any atom is 0.165 e. The first-order chi connectivity index (χ1) is 14.1. The minimum absolute atomic E-state index is 0.190. The molecule has 29 heavy (non-hydrogen) atoms. The Morgan fingerprint density at radius 2 is 1.86 bits per heavy atom. The normalized spacial score (nSPS) is 32.3. The molecule has 3 aliphatic rings. The number of carbonyl (C=O) groups excluding carboxylic acids is 1. The highest BCUT2D eigenvalue weighted by Crippen LogP contribution is 2.59. The number of fused-ring (bicyclic) bond motifs is 5. The fraction of sp³-hybridized carbons (Fsp3) is 0.444. The molecule has 2 saturated carbocycles. The van der Waals surface area contributed by atoms with Crippen molar-refractivity contribution < 1.29 is 9.53 Å². The lowest BCUT2D eigenvalue weighted by atomic mass is 9.50. The van der Waals surface area contributed by atoms with Gasteiger partial charge in [0.15, 0.2) is 5.78 Å². The average Bonchev–Trinajstić information content (AvgIpc) is 2.76. The number of carbonyl (C=O) groups is 1. The molecule has 0 saturated heterocycles. The van der Waals surface area contributed by atoms with Crippen molar-refractivity contribution in [1.29, 1.82) is 0 Å². The number of ether oxygens (including phenoxy) is 1. The first kappa shape index (κ1) is 18.7. The van der Waals surface area contributed by atoms with E-state index in [1.165, 1.54) is 17.5 Å². The van der Waals surface area contributed by atoms with Gasteiger partial charge in [-0.3, -0.25) is 4.79 Å². The molecule has 0 bridgehead atoms. The molecule has 0 unspecified atom stereocenters. The van der Waals surface area contributed by atoms with Gasteiger partial charge in [0.25, 0.3) is 0 Å². The predicted molar refractivity (Wildman–Crippen MR) is 117 cm³/mol. The van der Waals surface area contributed by atoms with Crippen molar-refractivity contribution in [2.75, 3.05) is 7.11 Å². The monoisotopic (exact) mass is 386 g/mol. The highest BCUT2D eigenvalue weighted by molar-refractivity contribution is 6.04. The molecule has 150 valence electrons. The van der Waals surface area contributed by atoms with Crippen LogP contribution in [0.5, 0.6) is 5.75 Å². The molecule has 2 aromatic rings. The van der Waals surface area contributed by atoms with Crippen LogP contribution < -0.4 is 4.74 Å². The second-order valence-corrected chi connectivity index (χ2v) is 9.38. The summed E-state index contributed by atoms with van der Waals surface area (Å²) in [4.78, 5) is 13.6. The van der Waals surface area contributed by atoms with Gasteiger partial charge in [-0.2, -0.15) is 0 Å². The van der Waals surface area contributed by atoms with Crippen LogP contribution in [0.25, 0.3) is 6.08 Å². The van der Waals surface area contributed by atoms with E-state index in [2.05, 4.69) is 43.3 Å². The molecule has 4 atom stereocenters. The number of allylic oxidation sites excluding steroid dienone is 1. The Hall–Kier alpha value is -2.35. The smallest absolute Gasteiger partial charge is 0.165 e. The van der Waals surface area contributed by atoms with Crippen LogP contribution >= 0.6 is 0 Å². The van der Waals surface area contributed by atoms with Gasteiger partial charge in [0, 0.05) is 5.41 Å². The van der Waals surface area contributed by atoms with Crippen LogP contribution in [0.2, 0.25) is 0 Å². The Kier molecular flexibility index (Phi) is 4.61. The third-order valence-electron chi connectivity index (χ3n) is 8.00. The third kappa shape index (κ3) is 3.04. The van der Waals surface area contributed by atoms with Crippen molar-refractivity contribution in [3.63, 3.8) is 0 Å². The van der Waals surface area contributed by atoms with E-state index in [0.29, 0.717) is 23.5 Å². The molecule has 2 nitrogen and oxygen atoms in total. The molecule has 0 amide bonds. The number of ketones is 1. The quantitative estimate of drug-likeness (QED) is 0.574. The number of methoxy groups -OCH3 is 1. The molecular weight excluding hydrogens is 356 g/mol. The Morgan fingerprint density at radius 1 is 1.03 bits per heavy atom. The first-order valence-electron chi connectivity index (χ1n) is 11.1.